The van der Waals surface area contributed by atoms with Gasteiger partial charge in [0.15, 0.2) is 5.78 Å². The van der Waals surface area contributed by atoms with Crippen LogP contribution in [0.25, 0.3) is 0 Å². The highest BCUT2D eigenvalue weighted by atomic mass is 16.5. The van der Waals surface area contributed by atoms with E-state index in [1.54, 1.807) is 6.08 Å². The van der Waals surface area contributed by atoms with Gasteiger partial charge in [0.2, 0.25) is 0 Å². The molecule has 6 fully saturated rings. The fourth-order valence-electron chi connectivity index (χ4n) is 14.2. The molecule has 9 nitrogen and oxygen atoms in total. The Hall–Kier alpha value is -0.910. The third-order valence-electron chi connectivity index (χ3n) is 17.1. The number of ketones is 1. The number of carbonyl (C=O) groups is 1. The van der Waals surface area contributed by atoms with Gasteiger partial charge in [0.25, 0.3) is 0 Å². The number of aliphatic hydroxyl groups is 5. The molecule has 0 bridgehead atoms. The molecule has 7 rings (SSSR count). The van der Waals surface area contributed by atoms with Crippen molar-refractivity contribution in [2.75, 3.05) is 13.2 Å². The molecule has 0 aromatic carbocycles. The van der Waals surface area contributed by atoms with Crippen LogP contribution in [-0.4, -0.2) is 86.3 Å². The summed E-state index contributed by atoms with van der Waals surface area (Å²) in [6.45, 7) is 7.66. The number of nitrogens with one attached hydrogen (secondary N) is 1. The molecule has 2 unspecified atom stereocenters. The maximum atomic E-state index is 14.5. The molecule has 302 valence electrons. The van der Waals surface area contributed by atoms with Crippen LogP contribution in [-0.2, 0) is 9.53 Å². The average Bonchev–Trinajstić information content (AvgIpc) is 3.68. The summed E-state index contributed by atoms with van der Waals surface area (Å²) in [6.07, 6.45) is 16.3. The van der Waals surface area contributed by atoms with Crippen molar-refractivity contribution in [1.29, 1.82) is 0 Å². The third-order valence-corrected chi connectivity index (χ3v) is 17.1. The van der Waals surface area contributed by atoms with Crippen LogP contribution < -0.4 is 11.1 Å². The first kappa shape index (κ1) is 40.3. The van der Waals surface area contributed by atoms with Crippen molar-refractivity contribution in [1.82, 2.24) is 5.32 Å². The van der Waals surface area contributed by atoms with Crippen molar-refractivity contribution >= 4 is 5.78 Å². The summed E-state index contributed by atoms with van der Waals surface area (Å²) in [7, 11) is 0. The molecular formula is C44H74N2O7. The molecule has 5 aliphatic carbocycles. The second kappa shape index (κ2) is 15.8. The van der Waals surface area contributed by atoms with Crippen LogP contribution in [0.5, 0.6) is 0 Å². The van der Waals surface area contributed by atoms with Crippen molar-refractivity contribution in [3.05, 3.63) is 11.6 Å². The van der Waals surface area contributed by atoms with E-state index in [-0.39, 0.29) is 42.0 Å². The number of nitrogens with two attached hydrogens (primary N) is 1. The first-order chi connectivity index (χ1) is 25.3. The zero-order valence-corrected chi connectivity index (χ0v) is 33.2. The number of unbranched alkanes of at least 4 members (excludes halogenated alkanes) is 3. The van der Waals surface area contributed by atoms with Gasteiger partial charge < -0.3 is 41.3 Å². The van der Waals surface area contributed by atoms with E-state index in [0.717, 1.165) is 89.2 Å². The molecule has 8 N–H and O–H groups in total. The average molecular weight is 743 g/mol. The van der Waals surface area contributed by atoms with E-state index in [2.05, 4.69) is 19.2 Å². The summed E-state index contributed by atoms with van der Waals surface area (Å²) in [4.78, 5) is 14.5. The van der Waals surface area contributed by atoms with Crippen molar-refractivity contribution in [2.24, 2.45) is 58.0 Å². The Bertz CT molecular complexity index is 1310. The fourth-order valence-corrected chi connectivity index (χ4v) is 14.2. The molecule has 0 radical (unpaired) electrons. The molecule has 0 aromatic rings. The number of piperidine rings is 1. The molecule has 9 heteroatoms. The van der Waals surface area contributed by atoms with Crippen molar-refractivity contribution in [3.8, 4) is 0 Å². The summed E-state index contributed by atoms with van der Waals surface area (Å²) >= 11 is 0. The maximum absolute atomic E-state index is 14.5. The number of hydrogen-bond acceptors (Lipinski definition) is 9. The quantitative estimate of drug-likeness (QED) is 0.127. The fraction of sp³-hybridized carbons (Fsp3) is 0.932. The first-order valence-electron chi connectivity index (χ1n) is 22.2. The van der Waals surface area contributed by atoms with Gasteiger partial charge in [0, 0.05) is 11.3 Å². The Morgan fingerprint density at radius 3 is 2.49 bits per heavy atom. The molecule has 53 heavy (non-hydrogen) atoms. The minimum Gasteiger partial charge on any atom is -0.390 e. The minimum absolute atomic E-state index is 0.0153. The second-order valence-electron chi connectivity index (χ2n) is 19.7. The van der Waals surface area contributed by atoms with Crippen LogP contribution >= 0.6 is 0 Å². The van der Waals surface area contributed by atoms with Gasteiger partial charge in [-0.3, -0.25) is 4.79 Å². The molecule has 2 aliphatic heterocycles. The van der Waals surface area contributed by atoms with E-state index < -0.39 is 52.4 Å². The smallest absolute Gasteiger partial charge is 0.159 e. The lowest BCUT2D eigenvalue weighted by Crippen LogP contribution is -2.67. The van der Waals surface area contributed by atoms with Gasteiger partial charge in [-0.05, 0) is 150 Å². The van der Waals surface area contributed by atoms with Crippen molar-refractivity contribution < 1.29 is 35.1 Å². The molecule has 15 atom stereocenters. The number of hydrogen-bond donors (Lipinski definition) is 7. The number of carbonyl (C=O) groups excluding carboxylic acids is 1. The topological polar surface area (TPSA) is 166 Å². The van der Waals surface area contributed by atoms with Crippen molar-refractivity contribution in [3.63, 3.8) is 0 Å². The highest BCUT2D eigenvalue weighted by Crippen LogP contribution is 2.73. The van der Waals surface area contributed by atoms with Crippen LogP contribution in [0.4, 0.5) is 0 Å². The number of rotatable bonds is 12. The lowest BCUT2D eigenvalue weighted by molar-refractivity contribution is -0.217. The van der Waals surface area contributed by atoms with Crippen LogP contribution in [0.2, 0.25) is 0 Å². The van der Waals surface area contributed by atoms with E-state index in [0.29, 0.717) is 44.1 Å². The van der Waals surface area contributed by atoms with Crippen LogP contribution in [0.3, 0.4) is 0 Å². The number of aliphatic hydroxyl groups excluding tert-OH is 3. The molecule has 4 saturated carbocycles. The summed E-state index contributed by atoms with van der Waals surface area (Å²) in [6, 6.07) is 0. The Kier molecular flexibility index (Phi) is 12.0. The maximum Gasteiger partial charge on any atom is 0.159 e. The summed E-state index contributed by atoms with van der Waals surface area (Å²) in [5, 5.41) is 64.4. The Morgan fingerprint density at radius 1 is 1.00 bits per heavy atom. The molecular weight excluding hydrogens is 668 g/mol. The van der Waals surface area contributed by atoms with E-state index in [1.807, 2.05) is 6.92 Å². The molecule has 0 amide bonds. The van der Waals surface area contributed by atoms with E-state index in [9.17, 15) is 30.3 Å². The molecule has 2 heterocycles. The standard InChI is InChI=1S/C44H74N2O7/c1-4-5-6-8-11-29-26-53-39(27(29)2)40(50)41(3,51)37-18-21-44(52)32-22-34(47)33-23-35(48)36(49)24-42(33,19-16-28-14-15-38(45)46-25-28)31(32)17-20-43(37,44)30-12-9-7-10-13-30/h22,27-31,33,35-40,46,48-52H,4-21,23-26,45H2,1-3H3/t27-,28?,29-,31+,33+,35+,36-,37-,38?,39+,40+,41+,42+,43-,44-/m0/s1. The highest BCUT2D eigenvalue weighted by Gasteiger charge is 2.73. The summed E-state index contributed by atoms with van der Waals surface area (Å²) < 4.78 is 6.37. The second-order valence-corrected chi connectivity index (χ2v) is 19.7. The van der Waals surface area contributed by atoms with E-state index in [1.165, 1.54) is 19.3 Å². The lowest BCUT2D eigenvalue weighted by Gasteiger charge is -2.64. The number of fused-ring (bicyclic) bond motifs is 5. The van der Waals surface area contributed by atoms with Gasteiger partial charge in [0.05, 0.1) is 42.3 Å². The van der Waals surface area contributed by atoms with E-state index >= 15 is 0 Å². The SMILES string of the molecule is CCCCCC[C@H]1CO[C@@H]([C@@H](O)[C@](C)(O)[C@@H]2CC[C@]3(O)C4=CC(=O)[C@H]5C[C@@H](O)[C@@H](O)C[C@]5(CCC5CCC(N)NC5)[C@@H]4CC[C@]23C2CCCCC2)[C@H]1C. The van der Waals surface area contributed by atoms with Gasteiger partial charge in [0.1, 0.15) is 6.10 Å². The number of ether oxygens (including phenoxy) is 1. The summed E-state index contributed by atoms with van der Waals surface area (Å²) in [5.74, 6) is 0.214. The normalized spacial score (nSPS) is 46.6. The third kappa shape index (κ3) is 6.85. The molecule has 2 saturated heterocycles. The predicted octanol–water partition coefficient (Wildman–Crippen LogP) is 5.53. The molecule has 0 spiro atoms. The molecule has 7 aliphatic rings. The van der Waals surface area contributed by atoms with Gasteiger partial charge in [-0.2, -0.15) is 0 Å². The highest BCUT2D eigenvalue weighted by molar-refractivity contribution is 5.95. The van der Waals surface area contributed by atoms with Gasteiger partial charge in [-0.15, -0.1) is 0 Å². The van der Waals surface area contributed by atoms with Crippen molar-refractivity contribution in [2.45, 2.75) is 191 Å². The van der Waals surface area contributed by atoms with Crippen LogP contribution in [0.1, 0.15) is 149 Å². The summed E-state index contributed by atoms with van der Waals surface area (Å²) in [5.41, 5.74) is 2.95. The minimum atomic E-state index is -1.50. The zero-order chi connectivity index (χ0) is 37.8. The number of allylic oxidation sites excluding steroid dienone is 1. The van der Waals surface area contributed by atoms with Gasteiger partial charge >= 0.3 is 0 Å². The van der Waals surface area contributed by atoms with Gasteiger partial charge in [-0.25, -0.2) is 0 Å². The van der Waals surface area contributed by atoms with Gasteiger partial charge in [-0.1, -0.05) is 58.8 Å². The predicted molar refractivity (Wildman–Crippen MR) is 205 cm³/mol. The zero-order valence-electron chi connectivity index (χ0n) is 33.2. The first-order valence-corrected chi connectivity index (χ1v) is 22.2. The Labute approximate surface area is 319 Å². The largest absolute Gasteiger partial charge is 0.390 e. The lowest BCUT2D eigenvalue weighted by atomic mass is 9.41. The Morgan fingerprint density at radius 2 is 1.77 bits per heavy atom. The van der Waals surface area contributed by atoms with Crippen LogP contribution in [0, 0.1) is 52.3 Å². The Balaban J connectivity index is 1.21. The monoisotopic (exact) mass is 743 g/mol. The van der Waals surface area contributed by atoms with Crippen LogP contribution in [0.15, 0.2) is 11.6 Å². The van der Waals surface area contributed by atoms with E-state index in [4.69, 9.17) is 10.5 Å². The molecule has 0 aromatic heterocycles.